The second-order valence-corrected chi connectivity index (χ2v) is 7.46. The number of anilines is 1. The van der Waals surface area contributed by atoms with Crippen molar-refractivity contribution in [3.63, 3.8) is 0 Å². The monoisotopic (exact) mass is 455 g/mol. The van der Waals surface area contributed by atoms with Gasteiger partial charge in [-0.1, -0.05) is 6.07 Å². The molecule has 10 heteroatoms. The largest absolute Gasteiger partial charge is 0.353 e. The van der Waals surface area contributed by atoms with Gasteiger partial charge >= 0.3 is 0 Å². The topological polar surface area (TPSA) is 69.5 Å². The van der Waals surface area contributed by atoms with E-state index in [1.165, 1.54) is 0 Å². The van der Waals surface area contributed by atoms with Gasteiger partial charge in [0.05, 0.1) is 6.04 Å². The maximum Gasteiger partial charge on any atom is 0.223 e. The van der Waals surface area contributed by atoms with Crippen LogP contribution < -0.4 is 10.2 Å². The molecule has 0 bridgehead atoms. The molecule has 166 valence electrons. The van der Waals surface area contributed by atoms with Crippen LogP contribution in [0.15, 0.2) is 36.8 Å². The summed E-state index contributed by atoms with van der Waals surface area (Å²) < 4.78 is 2.07. The quantitative estimate of drug-likeness (QED) is 0.733. The predicted molar refractivity (Wildman–Crippen MR) is 123 cm³/mol. The van der Waals surface area contributed by atoms with Crippen molar-refractivity contribution in [1.82, 2.24) is 29.7 Å². The van der Waals surface area contributed by atoms with Crippen LogP contribution in [0.25, 0.3) is 0 Å². The number of aromatic nitrogens is 3. The van der Waals surface area contributed by atoms with Crippen LogP contribution >= 0.6 is 24.8 Å². The summed E-state index contributed by atoms with van der Waals surface area (Å²) in [6.45, 7) is 6.76. The number of aryl methyl sites for hydroxylation is 1. The highest BCUT2D eigenvalue weighted by atomic mass is 35.5. The normalized spacial score (nSPS) is 19.7. The fraction of sp³-hybridized carbons (Fsp3) is 0.550. The third-order valence-electron chi connectivity index (χ3n) is 5.73. The third-order valence-corrected chi connectivity index (χ3v) is 5.73. The number of nitrogens with one attached hydrogen (secondary N) is 1. The Bertz CT molecular complexity index is 780. The van der Waals surface area contributed by atoms with Crippen molar-refractivity contribution < 1.29 is 4.79 Å². The second kappa shape index (κ2) is 11.5. The zero-order valence-electron chi connectivity index (χ0n) is 17.3. The van der Waals surface area contributed by atoms with Gasteiger partial charge in [-0.15, -0.1) is 24.8 Å². The third kappa shape index (κ3) is 5.63. The van der Waals surface area contributed by atoms with Gasteiger partial charge < -0.3 is 19.7 Å². The molecular weight excluding hydrogens is 425 g/mol. The summed E-state index contributed by atoms with van der Waals surface area (Å²) in [4.78, 5) is 28.3. The van der Waals surface area contributed by atoms with Gasteiger partial charge in [-0.05, 0) is 12.1 Å². The van der Waals surface area contributed by atoms with Gasteiger partial charge in [0.25, 0.3) is 0 Å². The molecule has 0 radical (unpaired) electrons. The van der Waals surface area contributed by atoms with Gasteiger partial charge in [0.1, 0.15) is 11.6 Å². The van der Waals surface area contributed by atoms with Crippen LogP contribution in [0.4, 0.5) is 5.82 Å². The Labute approximate surface area is 190 Å². The first-order valence-corrected chi connectivity index (χ1v) is 10.1. The highest BCUT2D eigenvalue weighted by Gasteiger charge is 2.28. The van der Waals surface area contributed by atoms with Crippen molar-refractivity contribution >= 4 is 36.5 Å². The molecule has 2 saturated heterocycles. The van der Waals surface area contributed by atoms with E-state index in [-0.39, 0.29) is 36.8 Å². The van der Waals surface area contributed by atoms with E-state index in [0.29, 0.717) is 6.42 Å². The fourth-order valence-electron chi connectivity index (χ4n) is 4.09. The first-order chi connectivity index (χ1) is 13.7. The Kier molecular flexibility index (Phi) is 9.36. The van der Waals surface area contributed by atoms with Crippen molar-refractivity contribution in [1.29, 1.82) is 0 Å². The SMILES string of the molecule is Cl.Cl.Cn1ccnc1C1CNCCN1CCC(=O)N1CCN(c2ccccn2)CC1. The van der Waals surface area contributed by atoms with E-state index < -0.39 is 0 Å². The molecule has 1 amide bonds. The Morgan fingerprint density at radius 3 is 2.57 bits per heavy atom. The van der Waals surface area contributed by atoms with E-state index in [1.807, 2.05) is 48.7 Å². The minimum Gasteiger partial charge on any atom is -0.353 e. The molecule has 0 saturated carbocycles. The van der Waals surface area contributed by atoms with Gasteiger partial charge in [-0.2, -0.15) is 0 Å². The molecule has 0 aliphatic carbocycles. The summed E-state index contributed by atoms with van der Waals surface area (Å²) in [6, 6.07) is 6.19. The summed E-state index contributed by atoms with van der Waals surface area (Å²) in [7, 11) is 2.03. The van der Waals surface area contributed by atoms with Crippen LogP contribution in [0.5, 0.6) is 0 Å². The van der Waals surface area contributed by atoms with Crippen molar-refractivity contribution in [2.45, 2.75) is 12.5 Å². The summed E-state index contributed by atoms with van der Waals surface area (Å²) in [5.41, 5.74) is 0. The lowest BCUT2D eigenvalue weighted by atomic mass is 10.1. The summed E-state index contributed by atoms with van der Waals surface area (Å²) in [5.74, 6) is 2.30. The molecule has 2 aliphatic rings. The lowest BCUT2D eigenvalue weighted by molar-refractivity contribution is -0.132. The van der Waals surface area contributed by atoms with Crippen LogP contribution in [-0.4, -0.2) is 82.6 Å². The average molecular weight is 456 g/mol. The molecule has 4 heterocycles. The number of nitrogens with zero attached hydrogens (tertiary/aromatic N) is 6. The smallest absolute Gasteiger partial charge is 0.223 e. The van der Waals surface area contributed by atoms with Gasteiger partial charge in [0.15, 0.2) is 0 Å². The van der Waals surface area contributed by atoms with E-state index in [1.54, 1.807) is 0 Å². The molecule has 4 rings (SSSR count). The molecule has 8 nitrogen and oxygen atoms in total. The molecule has 0 spiro atoms. The lowest BCUT2D eigenvalue weighted by Gasteiger charge is -2.37. The van der Waals surface area contributed by atoms with Gasteiger partial charge in [-0.25, -0.2) is 9.97 Å². The Morgan fingerprint density at radius 2 is 1.90 bits per heavy atom. The number of imidazole rings is 1. The standard InChI is InChI=1S/C20H29N7O.2ClH/c1-24-10-8-23-20(24)17-16-21-7-11-25(17)9-5-19(28)27-14-12-26(13-15-27)18-4-2-3-6-22-18;;/h2-4,6,8,10,17,21H,5,7,9,11-16H2,1H3;2*1H. The predicted octanol–water partition coefficient (Wildman–Crippen LogP) is 1.34. The molecule has 1 atom stereocenters. The molecule has 30 heavy (non-hydrogen) atoms. The molecule has 0 aromatic carbocycles. The Balaban J connectivity index is 0.00000160. The van der Waals surface area contributed by atoms with Gasteiger partial charge in [0, 0.05) is 84.4 Å². The summed E-state index contributed by atoms with van der Waals surface area (Å²) in [6.07, 6.45) is 6.20. The minimum absolute atomic E-state index is 0. The van der Waals surface area contributed by atoms with E-state index in [4.69, 9.17) is 0 Å². The number of hydrogen-bond donors (Lipinski definition) is 1. The first-order valence-electron chi connectivity index (χ1n) is 10.1. The maximum atomic E-state index is 12.8. The average Bonchev–Trinajstić information content (AvgIpc) is 3.18. The van der Waals surface area contributed by atoms with E-state index in [9.17, 15) is 4.79 Å². The van der Waals surface area contributed by atoms with E-state index in [0.717, 1.165) is 64.0 Å². The number of piperazine rings is 2. The van der Waals surface area contributed by atoms with Crippen molar-refractivity contribution in [2.75, 3.05) is 57.3 Å². The molecule has 2 fully saturated rings. The van der Waals surface area contributed by atoms with Crippen LogP contribution in [0, 0.1) is 0 Å². The number of pyridine rings is 1. The number of carbonyl (C=O) groups is 1. The Hall–Kier alpha value is -1.87. The number of carbonyl (C=O) groups excluding carboxylic acids is 1. The molecular formula is C20H31Cl2N7O. The fourth-order valence-corrected chi connectivity index (χ4v) is 4.09. The van der Waals surface area contributed by atoms with E-state index >= 15 is 0 Å². The Morgan fingerprint density at radius 1 is 1.10 bits per heavy atom. The molecule has 2 aromatic heterocycles. The highest BCUT2D eigenvalue weighted by molar-refractivity contribution is 5.85. The molecule has 2 aromatic rings. The minimum atomic E-state index is 0. The highest BCUT2D eigenvalue weighted by Crippen LogP contribution is 2.21. The van der Waals surface area contributed by atoms with Crippen LogP contribution in [0.2, 0.25) is 0 Å². The maximum absolute atomic E-state index is 12.8. The van der Waals surface area contributed by atoms with Gasteiger partial charge in [-0.3, -0.25) is 9.69 Å². The molecule has 1 N–H and O–H groups in total. The first kappa shape index (κ1) is 24.4. The van der Waals surface area contributed by atoms with Crippen LogP contribution in [0.1, 0.15) is 18.3 Å². The number of rotatable bonds is 5. The number of halogens is 2. The summed E-state index contributed by atoms with van der Waals surface area (Å²) >= 11 is 0. The van der Waals surface area contributed by atoms with Crippen LogP contribution in [-0.2, 0) is 11.8 Å². The van der Waals surface area contributed by atoms with E-state index in [2.05, 4.69) is 29.7 Å². The van der Waals surface area contributed by atoms with Crippen LogP contribution in [0.3, 0.4) is 0 Å². The van der Waals surface area contributed by atoms with Gasteiger partial charge in [0.2, 0.25) is 5.91 Å². The summed E-state index contributed by atoms with van der Waals surface area (Å²) in [5, 5.41) is 3.45. The van der Waals surface area contributed by atoms with Crippen molar-refractivity contribution in [3.8, 4) is 0 Å². The molecule has 2 aliphatic heterocycles. The number of amides is 1. The lowest BCUT2D eigenvalue weighted by Crippen LogP contribution is -2.51. The van der Waals surface area contributed by atoms with Crippen molar-refractivity contribution in [3.05, 3.63) is 42.6 Å². The number of hydrogen-bond acceptors (Lipinski definition) is 6. The zero-order chi connectivity index (χ0) is 19.3. The van der Waals surface area contributed by atoms with Crippen molar-refractivity contribution in [2.24, 2.45) is 7.05 Å². The zero-order valence-corrected chi connectivity index (χ0v) is 18.9. The second-order valence-electron chi connectivity index (χ2n) is 7.46. The molecule has 1 unspecified atom stereocenters.